The molecule has 3 heterocycles. The number of fused-ring (bicyclic) bond motifs is 3. The van der Waals surface area contributed by atoms with E-state index in [-0.39, 0.29) is 12.3 Å². The first-order chi connectivity index (χ1) is 12.3. The number of benzene rings is 1. The number of hydrogen-bond donors (Lipinski definition) is 0. The molecule has 2 aromatic rings. The molecule has 1 fully saturated rings. The van der Waals surface area contributed by atoms with Crippen LogP contribution in [0.3, 0.4) is 0 Å². The summed E-state index contributed by atoms with van der Waals surface area (Å²) in [6.07, 6.45) is 9.01. The molecule has 0 N–H and O–H groups in total. The van der Waals surface area contributed by atoms with Crippen molar-refractivity contribution in [1.29, 1.82) is 0 Å². The third-order valence-electron chi connectivity index (χ3n) is 5.64. The van der Waals surface area contributed by atoms with E-state index in [2.05, 4.69) is 39.1 Å². The van der Waals surface area contributed by atoms with Crippen LogP contribution in [0.15, 0.2) is 50.6 Å². The van der Waals surface area contributed by atoms with Gasteiger partial charge in [0, 0.05) is 22.4 Å². The third kappa shape index (κ3) is 2.69. The molecule has 1 saturated carbocycles. The summed E-state index contributed by atoms with van der Waals surface area (Å²) in [6.45, 7) is 0. The molecule has 1 aromatic heterocycles. The molecule has 1 aromatic carbocycles. The average Bonchev–Trinajstić information content (AvgIpc) is 3.31. The average molecular weight is 401 g/mol. The summed E-state index contributed by atoms with van der Waals surface area (Å²) >= 11 is 3.60. The predicted octanol–water partition coefficient (Wildman–Crippen LogP) is 5.49. The first-order valence-corrected chi connectivity index (χ1v) is 9.95. The monoisotopic (exact) mass is 400 g/mol. The van der Waals surface area contributed by atoms with Gasteiger partial charge in [0.25, 0.3) is 0 Å². The van der Waals surface area contributed by atoms with Crippen molar-refractivity contribution in [2.24, 2.45) is 11.0 Å². The van der Waals surface area contributed by atoms with Crippen LogP contribution >= 0.6 is 15.9 Å². The molecule has 25 heavy (non-hydrogen) atoms. The predicted molar refractivity (Wildman–Crippen MR) is 99.6 cm³/mol. The zero-order valence-corrected chi connectivity index (χ0v) is 15.6. The van der Waals surface area contributed by atoms with Gasteiger partial charge >= 0.3 is 0 Å². The Morgan fingerprint density at radius 1 is 1.12 bits per heavy atom. The molecule has 5 rings (SSSR count). The van der Waals surface area contributed by atoms with Crippen molar-refractivity contribution in [3.05, 3.63) is 52.4 Å². The molecule has 0 radical (unpaired) electrons. The van der Waals surface area contributed by atoms with Crippen LogP contribution in [0.25, 0.3) is 0 Å². The van der Waals surface area contributed by atoms with E-state index in [1.165, 1.54) is 37.7 Å². The molecule has 1 aliphatic carbocycles. The fourth-order valence-corrected chi connectivity index (χ4v) is 4.79. The van der Waals surface area contributed by atoms with Crippen molar-refractivity contribution < 1.29 is 9.15 Å². The first-order valence-electron chi connectivity index (χ1n) is 9.15. The Bertz CT molecular complexity index is 796. The van der Waals surface area contributed by atoms with Gasteiger partial charge in [-0.2, -0.15) is 5.10 Å². The summed E-state index contributed by atoms with van der Waals surface area (Å²) in [7, 11) is 0. The summed E-state index contributed by atoms with van der Waals surface area (Å²) in [5.74, 6) is 2.43. The van der Waals surface area contributed by atoms with E-state index >= 15 is 0 Å². The van der Waals surface area contributed by atoms with Gasteiger partial charge in [-0.05, 0) is 43.2 Å². The lowest BCUT2D eigenvalue weighted by Gasteiger charge is -2.42. The lowest BCUT2D eigenvalue weighted by molar-refractivity contribution is -0.0644. The van der Waals surface area contributed by atoms with Gasteiger partial charge in [-0.3, -0.25) is 0 Å². The van der Waals surface area contributed by atoms with Crippen molar-refractivity contribution in [2.45, 2.75) is 50.8 Å². The number of nitrogens with zero attached hydrogens (tertiary/aromatic N) is 2. The third-order valence-corrected chi connectivity index (χ3v) is 6.13. The van der Waals surface area contributed by atoms with E-state index in [0.717, 1.165) is 28.1 Å². The van der Waals surface area contributed by atoms with Crippen LogP contribution in [-0.4, -0.2) is 16.9 Å². The van der Waals surface area contributed by atoms with Crippen molar-refractivity contribution >= 4 is 21.6 Å². The van der Waals surface area contributed by atoms with Gasteiger partial charge in [-0.25, -0.2) is 5.01 Å². The van der Waals surface area contributed by atoms with Crippen molar-refractivity contribution in [3.8, 4) is 5.75 Å². The molecule has 2 atom stereocenters. The quantitative estimate of drug-likeness (QED) is 0.668. The number of furan rings is 1. The number of rotatable bonds is 2. The van der Waals surface area contributed by atoms with Gasteiger partial charge in [0.05, 0.1) is 12.3 Å². The second kappa shape index (κ2) is 6.20. The molecular formula is C20H21BrN2O2. The molecule has 4 nitrogen and oxygen atoms in total. The molecular weight excluding hydrogens is 380 g/mol. The molecule has 0 spiro atoms. The number of ether oxygens (including phenoxy) is 1. The Morgan fingerprint density at radius 2 is 2.00 bits per heavy atom. The Morgan fingerprint density at radius 3 is 2.80 bits per heavy atom. The molecule has 130 valence electrons. The molecule has 3 aliphatic rings. The summed E-state index contributed by atoms with van der Waals surface area (Å²) in [5.41, 5.74) is 2.24. The number of halogens is 1. The normalized spacial score (nSPS) is 26.0. The molecule has 0 saturated heterocycles. The van der Waals surface area contributed by atoms with Gasteiger partial charge in [0.2, 0.25) is 0 Å². The number of hydrogen-bond acceptors (Lipinski definition) is 4. The van der Waals surface area contributed by atoms with E-state index in [1.807, 2.05) is 12.1 Å². The zero-order valence-electron chi connectivity index (χ0n) is 14.0. The van der Waals surface area contributed by atoms with Gasteiger partial charge in [0.15, 0.2) is 6.23 Å². The summed E-state index contributed by atoms with van der Waals surface area (Å²) in [6, 6.07) is 10.5. The van der Waals surface area contributed by atoms with Crippen molar-refractivity contribution in [3.63, 3.8) is 0 Å². The van der Waals surface area contributed by atoms with Crippen LogP contribution in [0.5, 0.6) is 5.75 Å². The topological polar surface area (TPSA) is 38.0 Å². The highest BCUT2D eigenvalue weighted by atomic mass is 79.9. The van der Waals surface area contributed by atoms with E-state index < -0.39 is 0 Å². The number of hydrazone groups is 1. The maximum absolute atomic E-state index is 6.47. The van der Waals surface area contributed by atoms with Crippen LogP contribution < -0.4 is 4.74 Å². The Balaban J connectivity index is 1.55. The molecule has 5 heteroatoms. The minimum atomic E-state index is 0.0337. The maximum atomic E-state index is 6.47. The summed E-state index contributed by atoms with van der Waals surface area (Å²) in [5, 5.41) is 7.16. The minimum absolute atomic E-state index is 0.0337. The van der Waals surface area contributed by atoms with Gasteiger partial charge in [-0.15, -0.1) is 0 Å². The largest absolute Gasteiger partial charge is 0.468 e. The standard InChI is InChI=1S/C20H21BrN2O2/c21-14-8-9-18-15(11-14)17-12-16(19-7-4-10-24-19)22-23(17)20(25-18)13-5-2-1-3-6-13/h4,7-11,13,17,20H,1-3,5-6,12H2. The summed E-state index contributed by atoms with van der Waals surface area (Å²) in [4.78, 5) is 0. The van der Waals surface area contributed by atoms with E-state index in [9.17, 15) is 0 Å². The minimum Gasteiger partial charge on any atom is -0.468 e. The first kappa shape index (κ1) is 15.5. The second-order valence-electron chi connectivity index (χ2n) is 7.21. The second-order valence-corrected chi connectivity index (χ2v) is 8.13. The van der Waals surface area contributed by atoms with Gasteiger partial charge < -0.3 is 9.15 Å². The molecule has 0 amide bonds. The Labute approximate surface area is 156 Å². The van der Waals surface area contributed by atoms with Gasteiger partial charge in [0.1, 0.15) is 17.2 Å². The fraction of sp³-hybridized carbons (Fsp3) is 0.450. The lowest BCUT2D eigenvalue weighted by Crippen LogP contribution is -2.45. The summed E-state index contributed by atoms with van der Waals surface area (Å²) < 4.78 is 13.2. The van der Waals surface area contributed by atoms with E-state index in [4.69, 9.17) is 14.3 Å². The lowest BCUT2D eigenvalue weighted by atomic mass is 9.86. The smallest absolute Gasteiger partial charge is 0.190 e. The Kier molecular flexibility index (Phi) is 3.85. The highest BCUT2D eigenvalue weighted by molar-refractivity contribution is 9.10. The van der Waals surface area contributed by atoms with Crippen LogP contribution in [0, 0.1) is 5.92 Å². The maximum Gasteiger partial charge on any atom is 0.190 e. The van der Waals surface area contributed by atoms with Crippen molar-refractivity contribution in [1.82, 2.24) is 5.01 Å². The molecule has 2 aliphatic heterocycles. The van der Waals surface area contributed by atoms with Crippen LogP contribution in [0.1, 0.15) is 55.9 Å². The van der Waals surface area contributed by atoms with Crippen LogP contribution in [0.4, 0.5) is 0 Å². The van der Waals surface area contributed by atoms with Gasteiger partial charge in [-0.1, -0.05) is 35.2 Å². The highest BCUT2D eigenvalue weighted by Crippen LogP contribution is 2.47. The molecule has 0 bridgehead atoms. The van der Waals surface area contributed by atoms with E-state index in [0.29, 0.717) is 5.92 Å². The van der Waals surface area contributed by atoms with Crippen molar-refractivity contribution in [2.75, 3.05) is 0 Å². The molecule has 2 unspecified atom stereocenters. The zero-order chi connectivity index (χ0) is 16.8. The van der Waals surface area contributed by atoms with Crippen LogP contribution in [0.2, 0.25) is 0 Å². The Hall–Kier alpha value is -1.75. The fourth-order valence-electron chi connectivity index (χ4n) is 4.41. The SMILES string of the molecule is Brc1ccc2c(c1)C1CC(c3ccco3)=NN1C(C1CCCCC1)O2. The van der Waals surface area contributed by atoms with E-state index in [1.54, 1.807) is 6.26 Å². The highest BCUT2D eigenvalue weighted by Gasteiger charge is 2.44. The van der Waals surface area contributed by atoms with Crippen LogP contribution in [-0.2, 0) is 0 Å².